The second-order valence-electron chi connectivity index (χ2n) is 3.17. The van der Waals surface area contributed by atoms with Crippen LogP contribution in [0.4, 0.5) is 4.79 Å². The minimum Gasteiger partial charge on any atom is -0.381 e. The van der Waals surface area contributed by atoms with E-state index in [0.29, 0.717) is 13.2 Å². The summed E-state index contributed by atoms with van der Waals surface area (Å²) in [6, 6.07) is -0.530. The normalized spacial score (nSPS) is 17.4. The van der Waals surface area contributed by atoms with Gasteiger partial charge in [0.05, 0.1) is 6.54 Å². The largest absolute Gasteiger partial charge is 0.381 e. The number of hydrogen-bond acceptors (Lipinski definition) is 3. The van der Waals surface area contributed by atoms with Crippen molar-refractivity contribution in [3.63, 3.8) is 0 Å². The van der Waals surface area contributed by atoms with Gasteiger partial charge in [-0.3, -0.25) is 4.79 Å². The Labute approximate surface area is 82.2 Å². The summed E-state index contributed by atoms with van der Waals surface area (Å²) in [5, 5.41) is 5.02. The fourth-order valence-electron chi connectivity index (χ4n) is 1.29. The van der Waals surface area contributed by atoms with E-state index in [1.807, 2.05) is 0 Å². The average molecular weight is 201 g/mol. The second-order valence-corrected chi connectivity index (χ2v) is 3.17. The predicted molar refractivity (Wildman–Crippen MR) is 49.6 cm³/mol. The van der Waals surface area contributed by atoms with Gasteiger partial charge in [0, 0.05) is 19.3 Å². The van der Waals surface area contributed by atoms with Crippen LogP contribution in [0, 0.1) is 0 Å². The second kappa shape index (κ2) is 5.43. The molecule has 14 heavy (non-hydrogen) atoms. The topological polar surface area (TPSA) is 93.5 Å². The summed E-state index contributed by atoms with van der Waals surface area (Å²) >= 11 is 0. The SMILES string of the molecule is NC(=O)NCC(=O)NC1CCOCC1. The molecule has 1 aliphatic rings. The number of urea groups is 1. The van der Waals surface area contributed by atoms with Gasteiger partial charge in [-0.1, -0.05) is 0 Å². The average Bonchev–Trinajstić information content (AvgIpc) is 2.16. The molecule has 0 aliphatic carbocycles. The zero-order valence-corrected chi connectivity index (χ0v) is 7.91. The Bertz CT molecular complexity index is 214. The first kappa shape index (κ1) is 10.8. The lowest BCUT2D eigenvalue weighted by Gasteiger charge is -2.22. The molecule has 1 fully saturated rings. The van der Waals surface area contributed by atoms with Crippen LogP contribution >= 0.6 is 0 Å². The third-order valence-electron chi connectivity index (χ3n) is 2.01. The number of nitrogens with two attached hydrogens (primary N) is 1. The smallest absolute Gasteiger partial charge is 0.312 e. The minimum atomic E-state index is -0.688. The molecule has 1 aliphatic heterocycles. The Balaban J connectivity index is 2.15. The van der Waals surface area contributed by atoms with E-state index in [-0.39, 0.29) is 18.5 Å². The van der Waals surface area contributed by atoms with Crippen molar-refractivity contribution in [2.45, 2.75) is 18.9 Å². The highest BCUT2D eigenvalue weighted by molar-refractivity contribution is 5.83. The summed E-state index contributed by atoms with van der Waals surface area (Å²) in [6.45, 7) is 1.29. The lowest BCUT2D eigenvalue weighted by atomic mass is 10.1. The van der Waals surface area contributed by atoms with Crippen LogP contribution in [0.15, 0.2) is 0 Å². The highest BCUT2D eigenvalue weighted by atomic mass is 16.5. The van der Waals surface area contributed by atoms with E-state index in [4.69, 9.17) is 10.5 Å². The summed E-state index contributed by atoms with van der Waals surface area (Å²) in [4.78, 5) is 21.5. The van der Waals surface area contributed by atoms with Crippen molar-refractivity contribution in [2.24, 2.45) is 5.73 Å². The molecule has 0 atom stereocenters. The van der Waals surface area contributed by atoms with E-state index >= 15 is 0 Å². The third-order valence-corrected chi connectivity index (χ3v) is 2.01. The molecule has 6 nitrogen and oxygen atoms in total. The number of amides is 3. The lowest BCUT2D eigenvalue weighted by Crippen LogP contribution is -2.45. The van der Waals surface area contributed by atoms with Crippen molar-refractivity contribution in [1.29, 1.82) is 0 Å². The highest BCUT2D eigenvalue weighted by Gasteiger charge is 2.15. The molecular weight excluding hydrogens is 186 g/mol. The summed E-state index contributed by atoms with van der Waals surface area (Å²) in [5.41, 5.74) is 4.82. The van der Waals surface area contributed by atoms with Gasteiger partial charge >= 0.3 is 6.03 Å². The Morgan fingerprint density at radius 1 is 1.36 bits per heavy atom. The van der Waals surface area contributed by atoms with Crippen LogP contribution in [0.5, 0.6) is 0 Å². The molecule has 4 N–H and O–H groups in total. The number of carbonyl (C=O) groups excluding carboxylic acids is 2. The van der Waals surface area contributed by atoms with Gasteiger partial charge in [-0.05, 0) is 12.8 Å². The van der Waals surface area contributed by atoms with Gasteiger partial charge in [0.2, 0.25) is 5.91 Å². The molecule has 1 saturated heterocycles. The molecule has 0 bridgehead atoms. The monoisotopic (exact) mass is 201 g/mol. The van der Waals surface area contributed by atoms with E-state index in [1.54, 1.807) is 0 Å². The van der Waals surface area contributed by atoms with Crippen molar-refractivity contribution >= 4 is 11.9 Å². The van der Waals surface area contributed by atoms with Crippen LogP contribution in [0.3, 0.4) is 0 Å². The third kappa shape index (κ3) is 4.08. The van der Waals surface area contributed by atoms with Crippen LogP contribution in [-0.4, -0.2) is 37.7 Å². The quantitative estimate of drug-likeness (QED) is 0.544. The lowest BCUT2D eigenvalue weighted by molar-refractivity contribution is -0.121. The first-order valence-corrected chi connectivity index (χ1v) is 4.59. The maximum Gasteiger partial charge on any atom is 0.312 e. The molecule has 3 amide bonds. The van der Waals surface area contributed by atoms with Gasteiger partial charge in [0.25, 0.3) is 0 Å². The summed E-state index contributed by atoms with van der Waals surface area (Å²) in [7, 11) is 0. The molecular formula is C8H15N3O3. The zero-order valence-electron chi connectivity index (χ0n) is 7.91. The molecule has 0 aromatic heterocycles. The Morgan fingerprint density at radius 3 is 2.57 bits per heavy atom. The van der Waals surface area contributed by atoms with Crippen molar-refractivity contribution < 1.29 is 14.3 Å². The van der Waals surface area contributed by atoms with Crippen LogP contribution in [0.2, 0.25) is 0 Å². The number of ether oxygens (including phenoxy) is 1. The van der Waals surface area contributed by atoms with E-state index in [0.717, 1.165) is 12.8 Å². The summed E-state index contributed by atoms with van der Waals surface area (Å²) in [5.74, 6) is -0.212. The molecule has 0 unspecified atom stereocenters. The number of carbonyl (C=O) groups is 2. The number of primary amides is 1. The minimum absolute atomic E-state index is 0.0628. The molecule has 1 rings (SSSR count). The number of nitrogens with one attached hydrogen (secondary N) is 2. The maximum atomic E-state index is 11.2. The van der Waals surface area contributed by atoms with Crippen molar-refractivity contribution in [3.8, 4) is 0 Å². The zero-order chi connectivity index (χ0) is 10.4. The molecule has 1 heterocycles. The van der Waals surface area contributed by atoms with Crippen LogP contribution in [0.1, 0.15) is 12.8 Å². The van der Waals surface area contributed by atoms with Crippen LogP contribution in [-0.2, 0) is 9.53 Å². The van der Waals surface area contributed by atoms with Crippen LogP contribution in [0.25, 0.3) is 0 Å². The van der Waals surface area contributed by atoms with Gasteiger partial charge in [0.1, 0.15) is 0 Å². The fourth-order valence-corrected chi connectivity index (χ4v) is 1.29. The van der Waals surface area contributed by atoms with Gasteiger partial charge < -0.3 is 21.1 Å². The van der Waals surface area contributed by atoms with E-state index in [9.17, 15) is 9.59 Å². The predicted octanol–water partition coefficient (Wildman–Crippen LogP) is -1.05. The fraction of sp³-hybridized carbons (Fsp3) is 0.750. The molecule has 0 radical (unpaired) electrons. The van der Waals surface area contributed by atoms with Crippen molar-refractivity contribution in [3.05, 3.63) is 0 Å². The summed E-state index contributed by atoms with van der Waals surface area (Å²) in [6.07, 6.45) is 1.64. The van der Waals surface area contributed by atoms with Crippen molar-refractivity contribution in [2.75, 3.05) is 19.8 Å². The van der Waals surface area contributed by atoms with Crippen molar-refractivity contribution in [1.82, 2.24) is 10.6 Å². The van der Waals surface area contributed by atoms with Gasteiger partial charge in [-0.25, -0.2) is 4.79 Å². The molecule has 0 aromatic carbocycles. The van der Waals surface area contributed by atoms with E-state index in [1.165, 1.54) is 0 Å². The standard InChI is InChI=1S/C8H15N3O3/c9-8(13)10-5-7(12)11-6-1-3-14-4-2-6/h6H,1-5H2,(H,11,12)(H3,9,10,13). The van der Waals surface area contributed by atoms with Crippen LogP contribution < -0.4 is 16.4 Å². The first-order valence-electron chi connectivity index (χ1n) is 4.59. The maximum absolute atomic E-state index is 11.2. The highest BCUT2D eigenvalue weighted by Crippen LogP contribution is 2.05. The summed E-state index contributed by atoms with van der Waals surface area (Å²) < 4.78 is 5.14. The Kier molecular flexibility index (Phi) is 4.18. The van der Waals surface area contributed by atoms with Gasteiger partial charge in [-0.2, -0.15) is 0 Å². The van der Waals surface area contributed by atoms with Gasteiger partial charge in [0.15, 0.2) is 0 Å². The van der Waals surface area contributed by atoms with Gasteiger partial charge in [-0.15, -0.1) is 0 Å². The Hall–Kier alpha value is -1.30. The van der Waals surface area contributed by atoms with E-state index in [2.05, 4.69) is 10.6 Å². The molecule has 6 heteroatoms. The first-order chi connectivity index (χ1) is 6.68. The molecule has 0 aromatic rings. The Morgan fingerprint density at radius 2 is 2.00 bits per heavy atom. The van der Waals surface area contributed by atoms with E-state index < -0.39 is 6.03 Å². The number of rotatable bonds is 3. The molecule has 0 saturated carbocycles. The molecule has 0 spiro atoms. The number of hydrogen-bond donors (Lipinski definition) is 3. The molecule has 80 valence electrons.